The van der Waals surface area contributed by atoms with E-state index >= 15 is 0 Å². The molecule has 0 radical (unpaired) electrons. The molecule has 5 heteroatoms. The van der Waals surface area contributed by atoms with Gasteiger partial charge in [-0.1, -0.05) is 48.5 Å². The smallest absolute Gasteiger partial charge is 0.307 e. The molecule has 0 heterocycles. The summed E-state index contributed by atoms with van der Waals surface area (Å²) in [5.41, 5.74) is 5.78. The molecule has 2 N–H and O–H groups in total. The van der Waals surface area contributed by atoms with Gasteiger partial charge >= 0.3 is 11.9 Å². The average Bonchev–Trinajstić information content (AvgIpc) is 2.49. The highest BCUT2D eigenvalue weighted by molar-refractivity contribution is 5.70. The maximum atomic E-state index is 12.1. The molecule has 0 saturated carbocycles. The minimum atomic E-state index is -0.272. The Labute approximate surface area is 166 Å². The fraction of sp³-hybridized carbons (Fsp3) is 0.909. The molecule has 0 aliphatic rings. The van der Waals surface area contributed by atoms with Crippen LogP contribution in [0.2, 0.25) is 0 Å². The number of carbonyl (C=O) groups excluding carboxylic acids is 2. The lowest BCUT2D eigenvalue weighted by Gasteiger charge is -2.28. The fourth-order valence-electron chi connectivity index (χ4n) is 2.74. The first-order valence-corrected chi connectivity index (χ1v) is 10.5. The van der Waals surface area contributed by atoms with E-state index in [1.165, 1.54) is 0 Å². The lowest BCUT2D eigenvalue weighted by atomic mass is 9.86. The van der Waals surface area contributed by atoms with Crippen molar-refractivity contribution >= 4 is 11.9 Å². The first kappa shape index (κ1) is 25.9. The van der Waals surface area contributed by atoms with E-state index in [1.54, 1.807) is 0 Å². The van der Waals surface area contributed by atoms with Crippen LogP contribution in [0.4, 0.5) is 0 Å². The highest BCUT2D eigenvalue weighted by atomic mass is 16.6. The van der Waals surface area contributed by atoms with Crippen LogP contribution in [0.3, 0.4) is 0 Å². The molecule has 0 spiro atoms. The zero-order valence-corrected chi connectivity index (χ0v) is 18.7. The van der Waals surface area contributed by atoms with Crippen molar-refractivity contribution in [3.63, 3.8) is 0 Å². The minimum absolute atomic E-state index is 0.151. The Morgan fingerprint density at radius 1 is 0.815 bits per heavy atom. The van der Waals surface area contributed by atoms with Gasteiger partial charge in [-0.15, -0.1) is 0 Å². The van der Waals surface area contributed by atoms with E-state index in [1.807, 2.05) is 6.92 Å². The summed E-state index contributed by atoms with van der Waals surface area (Å²) in [6.07, 6.45) is 4.90. The van der Waals surface area contributed by atoms with Crippen LogP contribution in [-0.4, -0.2) is 30.7 Å². The van der Waals surface area contributed by atoms with Crippen molar-refractivity contribution in [2.75, 3.05) is 6.54 Å². The van der Waals surface area contributed by atoms with Gasteiger partial charge in [0.05, 0.1) is 6.42 Å². The van der Waals surface area contributed by atoms with Crippen LogP contribution in [0.1, 0.15) is 99.8 Å². The van der Waals surface area contributed by atoms with E-state index in [9.17, 15) is 9.59 Å². The van der Waals surface area contributed by atoms with E-state index < -0.39 is 0 Å². The van der Waals surface area contributed by atoms with Crippen molar-refractivity contribution in [3.8, 4) is 0 Å². The van der Waals surface area contributed by atoms with E-state index in [0.717, 1.165) is 32.1 Å². The van der Waals surface area contributed by atoms with Gasteiger partial charge in [0.15, 0.2) is 0 Å². The Morgan fingerprint density at radius 3 is 1.56 bits per heavy atom. The average molecular weight is 386 g/mol. The van der Waals surface area contributed by atoms with Crippen molar-refractivity contribution < 1.29 is 19.1 Å². The maximum Gasteiger partial charge on any atom is 0.307 e. The van der Waals surface area contributed by atoms with Gasteiger partial charge in [0.25, 0.3) is 0 Å². The van der Waals surface area contributed by atoms with E-state index in [0.29, 0.717) is 12.8 Å². The topological polar surface area (TPSA) is 78.6 Å². The molecule has 0 aromatic rings. The highest BCUT2D eigenvalue weighted by Gasteiger charge is 2.26. The van der Waals surface area contributed by atoms with Gasteiger partial charge in [-0.3, -0.25) is 9.59 Å². The second-order valence-electron chi connectivity index (χ2n) is 9.95. The minimum Gasteiger partial charge on any atom is -0.462 e. The number of hydrogen-bond donors (Lipinski definition) is 1. The summed E-state index contributed by atoms with van der Waals surface area (Å²) in [5, 5.41) is 0. The number of hydrogen-bond acceptors (Lipinski definition) is 5. The Bertz CT molecular complexity index is 395. The largest absolute Gasteiger partial charge is 0.462 e. The number of ether oxygens (including phenoxy) is 2. The molecule has 0 rings (SSSR count). The summed E-state index contributed by atoms with van der Waals surface area (Å²) in [6.45, 7) is 15.3. The van der Waals surface area contributed by atoms with E-state index in [-0.39, 0.29) is 47.9 Å². The summed E-state index contributed by atoms with van der Waals surface area (Å²) < 4.78 is 11.4. The quantitative estimate of drug-likeness (QED) is 0.478. The van der Waals surface area contributed by atoms with E-state index in [4.69, 9.17) is 15.2 Å². The monoisotopic (exact) mass is 385 g/mol. The van der Waals surface area contributed by atoms with Gasteiger partial charge in [-0.25, -0.2) is 0 Å². The normalized spacial score (nSPS) is 14.5. The van der Waals surface area contributed by atoms with Crippen molar-refractivity contribution in [3.05, 3.63) is 0 Å². The predicted octanol–water partition coefficient (Wildman–Crippen LogP) is 5.00. The van der Waals surface area contributed by atoms with Crippen LogP contribution in [0.15, 0.2) is 0 Å². The lowest BCUT2D eigenvalue weighted by molar-refractivity contribution is -0.156. The third-order valence-electron chi connectivity index (χ3n) is 4.36. The van der Waals surface area contributed by atoms with Crippen LogP contribution >= 0.6 is 0 Å². The Balaban J connectivity index is 5.08. The van der Waals surface area contributed by atoms with E-state index in [2.05, 4.69) is 41.5 Å². The summed E-state index contributed by atoms with van der Waals surface area (Å²) in [4.78, 5) is 24.0. The number of rotatable bonds is 12. The first-order valence-electron chi connectivity index (χ1n) is 10.5. The summed E-state index contributed by atoms with van der Waals surface area (Å²) in [5.74, 6) is -0.440. The summed E-state index contributed by atoms with van der Waals surface area (Å²) in [6, 6.07) is 0. The third kappa shape index (κ3) is 15.6. The van der Waals surface area contributed by atoms with Crippen LogP contribution < -0.4 is 5.73 Å². The SMILES string of the molecule is CCCC(=O)OC(CCC(C)(C)C)CC(CCC(C)(C)C)OC(=O)CCN. The molecule has 0 fully saturated rings. The number of nitrogens with two attached hydrogens (primary N) is 1. The molecule has 2 atom stereocenters. The Morgan fingerprint density at radius 2 is 1.22 bits per heavy atom. The highest BCUT2D eigenvalue weighted by Crippen LogP contribution is 2.28. The Kier molecular flexibility index (Phi) is 11.9. The molecular formula is C22H43NO4. The number of esters is 2. The lowest BCUT2D eigenvalue weighted by Crippen LogP contribution is -2.29. The maximum absolute atomic E-state index is 12.1. The molecule has 0 aliphatic carbocycles. The standard InChI is InChI=1S/C22H43NO4/c1-8-9-19(24)26-17(10-13-21(2,3)4)16-18(11-14-22(5,6)7)27-20(25)12-15-23/h17-18H,8-16,23H2,1-7H3. The molecule has 0 aliphatic heterocycles. The van der Waals surface area contributed by atoms with Gasteiger partial charge in [-0.2, -0.15) is 0 Å². The molecular weight excluding hydrogens is 342 g/mol. The molecule has 2 unspecified atom stereocenters. The van der Waals surface area contributed by atoms with Crippen molar-refractivity contribution in [2.24, 2.45) is 16.6 Å². The van der Waals surface area contributed by atoms with Gasteiger partial charge in [-0.05, 0) is 42.9 Å². The molecule has 0 aromatic heterocycles. The summed E-state index contributed by atoms with van der Waals surface area (Å²) in [7, 11) is 0. The van der Waals surface area contributed by atoms with Crippen molar-refractivity contribution in [2.45, 2.75) is 112 Å². The molecule has 0 bridgehead atoms. The van der Waals surface area contributed by atoms with Gasteiger partial charge < -0.3 is 15.2 Å². The fourth-order valence-corrected chi connectivity index (χ4v) is 2.74. The number of carbonyl (C=O) groups is 2. The first-order chi connectivity index (χ1) is 12.4. The summed E-state index contributed by atoms with van der Waals surface area (Å²) >= 11 is 0. The second kappa shape index (κ2) is 12.4. The predicted molar refractivity (Wildman–Crippen MR) is 110 cm³/mol. The van der Waals surface area contributed by atoms with Crippen LogP contribution in [-0.2, 0) is 19.1 Å². The van der Waals surface area contributed by atoms with Crippen LogP contribution in [0.5, 0.6) is 0 Å². The van der Waals surface area contributed by atoms with Gasteiger partial charge in [0.2, 0.25) is 0 Å². The third-order valence-corrected chi connectivity index (χ3v) is 4.36. The Hall–Kier alpha value is -1.10. The molecule has 160 valence electrons. The zero-order valence-electron chi connectivity index (χ0n) is 18.7. The van der Waals surface area contributed by atoms with Gasteiger partial charge in [0, 0.05) is 19.4 Å². The van der Waals surface area contributed by atoms with Crippen molar-refractivity contribution in [1.82, 2.24) is 0 Å². The molecule has 0 amide bonds. The molecule has 27 heavy (non-hydrogen) atoms. The molecule has 5 nitrogen and oxygen atoms in total. The van der Waals surface area contributed by atoms with Crippen LogP contribution in [0, 0.1) is 10.8 Å². The van der Waals surface area contributed by atoms with Crippen LogP contribution in [0.25, 0.3) is 0 Å². The van der Waals surface area contributed by atoms with Gasteiger partial charge in [0.1, 0.15) is 12.2 Å². The zero-order chi connectivity index (χ0) is 21.1. The second-order valence-corrected chi connectivity index (χ2v) is 9.95. The molecule has 0 saturated heterocycles. The van der Waals surface area contributed by atoms with Crippen molar-refractivity contribution in [1.29, 1.82) is 0 Å². The molecule has 0 aromatic carbocycles.